The van der Waals surface area contributed by atoms with Crippen molar-refractivity contribution in [3.63, 3.8) is 0 Å². The SMILES string of the molecule is CNC(COCCOC(C)C)c1ccc(C(C)C)cc1. The van der Waals surface area contributed by atoms with E-state index in [2.05, 4.69) is 43.4 Å². The van der Waals surface area contributed by atoms with Gasteiger partial charge in [-0.15, -0.1) is 0 Å². The van der Waals surface area contributed by atoms with Crippen molar-refractivity contribution in [3.05, 3.63) is 35.4 Å². The summed E-state index contributed by atoms with van der Waals surface area (Å²) in [5.41, 5.74) is 2.64. The van der Waals surface area contributed by atoms with Crippen LogP contribution in [0.1, 0.15) is 50.8 Å². The normalized spacial score (nSPS) is 13.2. The predicted molar refractivity (Wildman–Crippen MR) is 84.2 cm³/mol. The van der Waals surface area contributed by atoms with E-state index in [-0.39, 0.29) is 12.1 Å². The second-order valence-corrected chi connectivity index (χ2v) is 5.66. The van der Waals surface area contributed by atoms with Crippen LogP contribution >= 0.6 is 0 Å². The predicted octanol–water partition coefficient (Wildman–Crippen LogP) is 3.51. The van der Waals surface area contributed by atoms with Crippen molar-refractivity contribution in [3.8, 4) is 0 Å². The summed E-state index contributed by atoms with van der Waals surface area (Å²) in [5.74, 6) is 0.571. The Morgan fingerprint density at radius 3 is 2.05 bits per heavy atom. The molecule has 0 amide bonds. The minimum absolute atomic E-state index is 0.232. The van der Waals surface area contributed by atoms with E-state index in [1.54, 1.807) is 0 Å². The second-order valence-electron chi connectivity index (χ2n) is 5.66. The molecule has 1 unspecified atom stereocenters. The van der Waals surface area contributed by atoms with Crippen molar-refractivity contribution in [2.24, 2.45) is 0 Å². The van der Waals surface area contributed by atoms with Gasteiger partial charge < -0.3 is 14.8 Å². The van der Waals surface area contributed by atoms with Crippen LogP contribution in [0.4, 0.5) is 0 Å². The Labute approximate surface area is 123 Å². The molecule has 0 spiro atoms. The van der Waals surface area contributed by atoms with Gasteiger partial charge in [-0.2, -0.15) is 0 Å². The second kappa shape index (κ2) is 9.11. The molecule has 0 saturated carbocycles. The summed E-state index contributed by atoms with van der Waals surface area (Å²) in [6.45, 7) is 10.4. The fourth-order valence-electron chi connectivity index (χ4n) is 2.00. The van der Waals surface area contributed by atoms with E-state index in [0.29, 0.717) is 25.7 Å². The van der Waals surface area contributed by atoms with Crippen LogP contribution in [0.2, 0.25) is 0 Å². The largest absolute Gasteiger partial charge is 0.377 e. The summed E-state index contributed by atoms with van der Waals surface area (Å²) in [4.78, 5) is 0. The molecule has 0 radical (unpaired) electrons. The third kappa shape index (κ3) is 6.04. The Hall–Kier alpha value is -0.900. The first kappa shape index (κ1) is 17.2. The molecule has 0 aliphatic rings. The minimum Gasteiger partial charge on any atom is -0.377 e. The molecular formula is C17H29NO2. The number of hydrogen-bond donors (Lipinski definition) is 1. The Morgan fingerprint density at radius 2 is 1.55 bits per heavy atom. The standard InChI is InChI=1S/C17H29NO2/c1-13(2)15-6-8-16(9-7-15)17(18-5)12-19-10-11-20-14(3)4/h6-9,13-14,17-18H,10-12H2,1-5H3. The van der Waals surface area contributed by atoms with Crippen LogP contribution in [0.15, 0.2) is 24.3 Å². The maximum atomic E-state index is 5.68. The van der Waals surface area contributed by atoms with Crippen LogP contribution in [0.5, 0.6) is 0 Å². The summed E-state index contributed by atoms with van der Waals surface area (Å²) < 4.78 is 11.1. The quantitative estimate of drug-likeness (QED) is 0.702. The number of nitrogens with one attached hydrogen (secondary N) is 1. The smallest absolute Gasteiger partial charge is 0.0703 e. The first-order valence-corrected chi connectivity index (χ1v) is 7.51. The zero-order valence-corrected chi connectivity index (χ0v) is 13.5. The van der Waals surface area contributed by atoms with Crippen molar-refractivity contribution < 1.29 is 9.47 Å². The van der Waals surface area contributed by atoms with E-state index in [1.165, 1.54) is 11.1 Å². The molecule has 114 valence electrons. The van der Waals surface area contributed by atoms with Gasteiger partial charge in [0.25, 0.3) is 0 Å². The highest BCUT2D eigenvalue weighted by molar-refractivity contribution is 5.26. The molecule has 0 heterocycles. The lowest BCUT2D eigenvalue weighted by Gasteiger charge is -2.18. The third-order valence-electron chi connectivity index (χ3n) is 3.32. The van der Waals surface area contributed by atoms with Crippen molar-refractivity contribution >= 4 is 0 Å². The molecule has 0 saturated heterocycles. The average molecular weight is 279 g/mol. The highest BCUT2D eigenvalue weighted by atomic mass is 16.5. The average Bonchev–Trinajstić information content (AvgIpc) is 2.42. The summed E-state index contributed by atoms with van der Waals surface area (Å²) >= 11 is 0. The van der Waals surface area contributed by atoms with Gasteiger partial charge in [-0.25, -0.2) is 0 Å². The maximum absolute atomic E-state index is 5.68. The van der Waals surface area contributed by atoms with Crippen LogP contribution in [0, 0.1) is 0 Å². The van der Waals surface area contributed by atoms with Crippen molar-refractivity contribution in [1.82, 2.24) is 5.32 Å². The van der Waals surface area contributed by atoms with Crippen LogP contribution in [0.3, 0.4) is 0 Å². The summed E-state index contributed by atoms with van der Waals surface area (Å²) in [7, 11) is 1.97. The van der Waals surface area contributed by atoms with Crippen molar-refractivity contribution in [2.45, 2.75) is 45.8 Å². The van der Waals surface area contributed by atoms with Crippen molar-refractivity contribution in [1.29, 1.82) is 0 Å². The molecular weight excluding hydrogens is 250 g/mol. The summed E-state index contributed by atoms with van der Waals surface area (Å²) in [6.07, 6.45) is 0.266. The molecule has 1 N–H and O–H groups in total. The monoisotopic (exact) mass is 279 g/mol. The minimum atomic E-state index is 0.232. The van der Waals surface area contributed by atoms with E-state index in [9.17, 15) is 0 Å². The number of benzene rings is 1. The van der Waals surface area contributed by atoms with Gasteiger partial charge in [-0.05, 0) is 37.9 Å². The van der Waals surface area contributed by atoms with E-state index in [4.69, 9.17) is 9.47 Å². The highest BCUT2D eigenvalue weighted by Crippen LogP contribution is 2.18. The van der Waals surface area contributed by atoms with E-state index < -0.39 is 0 Å². The topological polar surface area (TPSA) is 30.5 Å². The van der Waals surface area contributed by atoms with Gasteiger partial charge in [0, 0.05) is 0 Å². The van der Waals surface area contributed by atoms with Crippen LogP contribution in [0.25, 0.3) is 0 Å². The highest BCUT2D eigenvalue weighted by Gasteiger charge is 2.09. The lowest BCUT2D eigenvalue weighted by Crippen LogP contribution is -2.23. The van der Waals surface area contributed by atoms with Gasteiger partial charge in [-0.1, -0.05) is 38.1 Å². The Morgan fingerprint density at radius 1 is 0.950 bits per heavy atom. The number of hydrogen-bond acceptors (Lipinski definition) is 3. The van der Waals surface area contributed by atoms with Crippen LogP contribution in [-0.4, -0.2) is 33.0 Å². The fraction of sp³-hybridized carbons (Fsp3) is 0.647. The molecule has 1 rings (SSSR count). The van der Waals surface area contributed by atoms with E-state index in [0.717, 1.165) is 0 Å². The molecule has 0 bridgehead atoms. The molecule has 0 aliphatic carbocycles. The lowest BCUT2D eigenvalue weighted by atomic mass is 9.99. The molecule has 1 aromatic rings. The first-order valence-electron chi connectivity index (χ1n) is 7.51. The summed E-state index contributed by atoms with van der Waals surface area (Å²) in [6, 6.07) is 9.00. The van der Waals surface area contributed by atoms with E-state index >= 15 is 0 Å². The fourth-order valence-corrected chi connectivity index (χ4v) is 2.00. The number of ether oxygens (including phenoxy) is 2. The zero-order valence-electron chi connectivity index (χ0n) is 13.5. The van der Waals surface area contributed by atoms with Gasteiger partial charge in [0.1, 0.15) is 0 Å². The Balaban J connectivity index is 2.41. The number of rotatable bonds is 9. The third-order valence-corrected chi connectivity index (χ3v) is 3.32. The summed E-state index contributed by atoms with van der Waals surface area (Å²) in [5, 5.41) is 3.30. The van der Waals surface area contributed by atoms with Gasteiger partial charge in [-0.3, -0.25) is 0 Å². The maximum Gasteiger partial charge on any atom is 0.0703 e. The van der Waals surface area contributed by atoms with Crippen molar-refractivity contribution in [2.75, 3.05) is 26.9 Å². The number of likely N-dealkylation sites (N-methyl/N-ethyl adjacent to an activating group) is 1. The molecule has 1 aromatic carbocycles. The van der Waals surface area contributed by atoms with Crippen LogP contribution in [-0.2, 0) is 9.47 Å². The molecule has 0 aromatic heterocycles. The lowest BCUT2D eigenvalue weighted by molar-refractivity contribution is 0.0142. The molecule has 0 fully saturated rings. The molecule has 3 nitrogen and oxygen atoms in total. The van der Waals surface area contributed by atoms with Gasteiger partial charge in [0.2, 0.25) is 0 Å². The molecule has 20 heavy (non-hydrogen) atoms. The van der Waals surface area contributed by atoms with Crippen LogP contribution < -0.4 is 5.32 Å². The van der Waals surface area contributed by atoms with Gasteiger partial charge in [0.15, 0.2) is 0 Å². The molecule has 3 heteroatoms. The van der Waals surface area contributed by atoms with E-state index in [1.807, 2.05) is 20.9 Å². The Bertz CT molecular complexity index is 360. The zero-order chi connectivity index (χ0) is 15.0. The molecule has 0 aliphatic heterocycles. The van der Waals surface area contributed by atoms with Gasteiger partial charge >= 0.3 is 0 Å². The molecule has 1 atom stereocenters. The Kier molecular flexibility index (Phi) is 7.82. The van der Waals surface area contributed by atoms with Gasteiger partial charge in [0.05, 0.1) is 32.0 Å². The first-order chi connectivity index (χ1) is 9.54.